The van der Waals surface area contributed by atoms with E-state index in [1.165, 1.54) is 12.0 Å². The van der Waals surface area contributed by atoms with Gasteiger partial charge in [0.25, 0.3) is 0 Å². The van der Waals surface area contributed by atoms with Crippen molar-refractivity contribution in [2.45, 2.75) is 38.5 Å². The molecule has 1 amide bonds. The van der Waals surface area contributed by atoms with Crippen LogP contribution in [0.25, 0.3) is 11.1 Å². The van der Waals surface area contributed by atoms with Crippen LogP contribution >= 0.6 is 0 Å². The van der Waals surface area contributed by atoms with E-state index in [-0.39, 0.29) is 18.5 Å². The van der Waals surface area contributed by atoms with Gasteiger partial charge in [0.1, 0.15) is 5.75 Å². The number of carbonyl (C=O) groups is 1. The number of carbonyl (C=O) groups excluding carboxylic acids is 1. The van der Waals surface area contributed by atoms with Crippen molar-refractivity contribution < 1.29 is 32.5 Å². The zero-order valence-corrected chi connectivity index (χ0v) is 18.5. The lowest BCUT2D eigenvalue weighted by Gasteiger charge is -2.35. The zero-order chi connectivity index (χ0) is 24.5. The predicted octanol–water partition coefficient (Wildman–Crippen LogP) is 4.66. The van der Waals surface area contributed by atoms with E-state index in [1.54, 1.807) is 29.2 Å². The summed E-state index contributed by atoms with van der Waals surface area (Å²) in [5.74, 6) is 0.350. The molecule has 0 bridgehead atoms. The Kier molecular flexibility index (Phi) is 6.47. The SMILES string of the molecule is COC(=O)N1c2ccc(-c3cnn(CCO)c3)c(Oc3ccc(C(F)(F)F)cn3)c2CC[C@@H]1C. The minimum Gasteiger partial charge on any atom is -0.452 e. The molecule has 11 heteroatoms. The van der Waals surface area contributed by atoms with Crippen molar-refractivity contribution in [2.75, 3.05) is 18.6 Å². The molecule has 34 heavy (non-hydrogen) atoms. The maximum Gasteiger partial charge on any atom is 0.417 e. The first kappa shape index (κ1) is 23.6. The number of benzene rings is 1. The van der Waals surface area contributed by atoms with Crippen LogP contribution in [0.2, 0.25) is 0 Å². The fraction of sp³-hybridized carbons (Fsp3) is 0.348. The highest BCUT2D eigenvalue weighted by Gasteiger charge is 2.33. The number of anilines is 1. The van der Waals surface area contributed by atoms with Crippen molar-refractivity contribution >= 4 is 11.8 Å². The van der Waals surface area contributed by atoms with E-state index in [1.807, 2.05) is 6.92 Å². The minimum atomic E-state index is -4.51. The number of methoxy groups -OCH3 is 1. The van der Waals surface area contributed by atoms with Crippen LogP contribution in [0.4, 0.5) is 23.7 Å². The third kappa shape index (κ3) is 4.56. The third-order valence-corrected chi connectivity index (χ3v) is 5.66. The molecule has 1 N–H and O–H groups in total. The van der Waals surface area contributed by atoms with E-state index in [2.05, 4.69) is 10.1 Å². The summed E-state index contributed by atoms with van der Waals surface area (Å²) in [5, 5.41) is 13.4. The topological polar surface area (TPSA) is 89.7 Å². The van der Waals surface area contributed by atoms with Crippen molar-refractivity contribution in [1.29, 1.82) is 0 Å². The molecule has 0 radical (unpaired) electrons. The summed E-state index contributed by atoms with van der Waals surface area (Å²) >= 11 is 0. The number of aliphatic hydroxyl groups is 1. The van der Waals surface area contributed by atoms with Gasteiger partial charge in [-0.15, -0.1) is 0 Å². The molecule has 3 aromatic rings. The molecule has 0 fully saturated rings. The predicted molar refractivity (Wildman–Crippen MR) is 117 cm³/mol. The van der Waals surface area contributed by atoms with Crippen molar-refractivity contribution in [3.05, 3.63) is 54.0 Å². The molecule has 3 heterocycles. The van der Waals surface area contributed by atoms with Crippen LogP contribution in [0.5, 0.6) is 11.6 Å². The molecule has 1 atom stereocenters. The average Bonchev–Trinajstić information content (AvgIpc) is 3.27. The number of alkyl halides is 3. The van der Waals surface area contributed by atoms with Gasteiger partial charge in [0, 0.05) is 41.2 Å². The van der Waals surface area contributed by atoms with Gasteiger partial charge in [0.15, 0.2) is 0 Å². The van der Waals surface area contributed by atoms with Crippen LogP contribution in [0.3, 0.4) is 0 Å². The summed E-state index contributed by atoms with van der Waals surface area (Å²) in [7, 11) is 1.30. The van der Waals surface area contributed by atoms with E-state index in [0.717, 1.165) is 12.1 Å². The van der Waals surface area contributed by atoms with Crippen molar-refractivity contribution in [2.24, 2.45) is 0 Å². The third-order valence-electron chi connectivity index (χ3n) is 5.66. The van der Waals surface area contributed by atoms with Gasteiger partial charge in [-0.1, -0.05) is 0 Å². The quantitative estimate of drug-likeness (QED) is 0.576. The number of rotatable bonds is 5. The smallest absolute Gasteiger partial charge is 0.417 e. The first-order valence-corrected chi connectivity index (χ1v) is 10.6. The number of nitrogens with zero attached hydrogens (tertiary/aromatic N) is 4. The zero-order valence-electron chi connectivity index (χ0n) is 18.5. The van der Waals surface area contributed by atoms with Gasteiger partial charge in [-0.05, 0) is 38.0 Å². The minimum absolute atomic E-state index is 0.0198. The van der Waals surface area contributed by atoms with Crippen LogP contribution < -0.4 is 9.64 Å². The molecule has 0 saturated heterocycles. The Morgan fingerprint density at radius 2 is 2.03 bits per heavy atom. The van der Waals surface area contributed by atoms with Gasteiger partial charge in [-0.25, -0.2) is 9.78 Å². The molecule has 0 spiro atoms. The van der Waals surface area contributed by atoms with Crippen LogP contribution in [-0.2, 0) is 23.9 Å². The number of ether oxygens (including phenoxy) is 2. The fourth-order valence-corrected chi connectivity index (χ4v) is 3.97. The highest BCUT2D eigenvalue weighted by atomic mass is 19.4. The molecule has 1 aromatic carbocycles. The molecular weight excluding hydrogens is 453 g/mol. The number of aliphatic hydroxyl groups excluding tert-OH is 1. The van der Waals surface area contributed by atoms with Gasteiger partial charge < -0.3 is 14.6 Å². The van der Waals surface area contributed by atoms with Crippen LogP contribution in [-0.4, -0.2) is 45.7 Å². The van der Waals surface area contributed by atoms with Crippen LogP contribution in [0.15, 0.2) is 42.9 Å². The summed E-state index contributed by atoms with van der Waals surface area (Å²) in [6.45, 7) is 2.12. The van der Waals surface area contributed by atoms with E-state index in [4.69, 9.17) is 9.47 Å². The Morgan fingerprint density at radius 1 is 1.24 bits per heavy atom. The van der Waals surface area contributed by atoms with E-state index >= 15 is 0 Å². The van der Waals surface area contributed by atoms with E-state index in [0.29, 0.717) is 53.7 Å². The van der Waals surface area contributed by atoms with Crippen molar-refractivity contribution in [3.8, 4) is 22.8 Å². The number of fused-ring (bicyclic) bond motifs is 1. The van der Waals surface area contributed by atoms with Crippen molar-refractivity contribution in [3.63, 3.8) is 0 Å². The Morgan fingerprint density at radius 3 is 2.68 bits per heavy atom. The summed E-state index contributed by atoms with van der Waals surface area (Å²) in [6.07, 6.45) is 0.219. The lowest BCUT2D eigenvalue weighted by molar-refractivity contribution is -0.137. The Labute approximate surface area is 193 Å². The van der Waals surface area contributed by atoms with Gasteiger partial charge in [-0.3, -0.25) is 9.58 Å². The average molecular weight is 476 g/mol. The normalized spacial score (nSPS) is 15.7. The lowest BCUT2D eigenvalue weighted by atomic mass is 9.92. The number of hydrogen-bond donors (Lipinski definition) is 1. The second-order valence-electron chi connectivity index (χ2n) is 7.87. The lowest BCUT2D eigenvalue weighted by Crippen LogP contribution is -2.42. The maximum atomic E-state index is 13.0. The first-order valence-electron chi connectivity index (χ1n) is 10.6. The monoisotopic (exact) mass is 476 g/mol. The first-order chi connectivity index (χ1) is 16.2. The summed E-state index contributed by atoms with van der Waals surface area (Å²) in [4.78, 5) is 17.9. The summed E-state index contributed by atoms with van der Waals surface area (Å²) in [5.41, 5.74) is 1.73. The molecule has 1 aliphatic heterocycles. The number of halogens is 3. The standard InChI is InChI=1S/C23H23F3N4O4/c1-14-3-5-18-19(30(14)22(32)33-2)7-6-17(15-11-28-29(13-15)9-10-31)21(18)34-20-8-4-16(12-27-20)23(24,25)26/h4,6-8,11-14,31H,3,5,9-10H2,1-2H3/t14-/m0/s1. The van der Waals surface area contributed by atoms with Gasteiger partial charge in [0.2, 0.25) is 5.88 Å². The molecule has 0 aliphatic carbocycles. The largest absolute Gasteiger partial charge is 0.452 e. The fourth-order valence-electron chi connectivity index (χ4n) is 3.97. The molecule has 0 unspecified atom stereocenters. The number of amides is 1. The van der Waals surface area contributed by atoms with Crippen molar-refractivity contribution in [1.82, 2.24) is 14.8 Å². The number of hydrogen-bond acceptors (Lipinski definition) is 6. The van der Waals surface area contributed by atoms with Crippen LogP contribution in [0.1, 0.15) is 24.5 Å². The van der Waals surface area contributed by atoms with Gasteiger partial charge in [0.05, 0.1) is 37.7 Å². The van der Waals surface area contributed by atoms with E-state index in [9.17, 15) is 23.1 Å². The Balaban J connectivity index is 1.82. The van der Waals surface area contributed by atoms with Crippen LogP contribution in [0, 0.1) is 0 Å². The molecule has 8 nitrogen and oxygen atoms in total. The molecule has 4 rings (SSSR count). The highest BCUT2D eigenvalue weighted by Crippen LogP contribution is 2.44. The van der Waals surface area contributed by atoms with E-state index < -0.39 is 17.8 Å². The second kappa shape index (κ2) is 9.34. The summed E-state index contributed by atoms with van der Waals surface area (Å²) < 4.78 is 51.4. The Bertz CT molecular complexity index is 1180. The highest BCUT2D eigenvalue weighted by molar-refractivity contribution is 5.92. The Hall–Kier alpha value is -3.60. The molecule has 2 aromatic heterocycles. The van der Waals surface area contributed by atoms with Gasteiger partial charge in [-0.2, -0.15) is 18.3 Å². The van der Waals surface area contributed by atoms with Gasteiger partial charge >= 0.3 is 12.3 Å². The molecular formula is C23H23F3N4O4. The molecule has 1 aliphatic rings. The number of pyridine rings is 1. The maximum absolute atomic E-state index is 13.0. The number of aromatic nitrogens is 3. The molecule has 0 saturated carbocycles. The summed E-state index contributed by atoms with van der Waals surface area (Å²) in [6, 6.07) is 5.49. The molecule has 180 valence electrons. The second-order valence-corrected chi connectivity index (χ2v) is 7.87.